The van der Waals surface area contributed by atoms with Gasteiger partial charge in [0.05, 0.1) is 14.2 Å². The Balaban J connectivity index is 5.25. The van der Waals surface area contributed by atoms with Gasteiger partial charge in [-0.25, -0.2) is 0 Å². The van der Waals surface area contributed by atoms with Crippen LogP contribution < -0.4 is 0 Å². The molecule has 0 aliphatic heterocycles. The molecule has 4 nitrogen and oxygen atoms in total. The van der Waals surface area contributed by atoms with Crippen molar-refractivity contribution >= 4 is 11.9 Å². The molecule has 0 heterocycles. The monoisotopic (exact) mass is 216 g/mol. The summed E-state index contributed by atoms with van der Waals surface area (Å²) < 4.78 is 9.43. The Kier molecular flexibility index (Phi) is 5.33. The molecule has 0 saturated carbocycles. The van der Waals surface area contributed by atoms with Gasteiger partial charge in [-0.1, -0.05) is 27.2 Å². The minimum absolute atomic E-state index is 0.141. The molecule has 0 aromatic carbocycles. The lowest BCUT2D eigenvalue weighted by atomic mass is 9.73. The number of carbonyl (C=O) groups is 2. The topological polar surface area (TPSA) is 52.6 Å². The minimum atomic E-state index is -1.15. The molecular formula is C11H20O4. The molecule has 4 heteroatoms. The molecule has 0 aliphatic rings. The van der Waals surface area contributed by atoms with E-state index in [0.29, 0.717) is 6.42 Å². The molecule has 0 saturated heterocycles. The standard InChI is InChI=1S/C11H20O4/c1-6-7-11(8(2)3,9(12)14-4)10(13)15-5/h8H,6-7H2,1-5H3. The van der Waals surface area contributed by atoms with E-state index in [1.165, 1.54) is 14.2 Å². The second-order valence-corrected chi connectivity index (χ2v) is 3.86. The summed E-state index contributed by atoms with van der Waals surface area (Å²) in [6.45, 7) is 5.57. The molecule has 88 valence electrons. The molecule has 0 fully saturated rings. The molecule has 0 aliphatic carbocycles. The van der Waals surface area contributed by atoms with Crippen LogP contribution in [-0.2, 0) is 19.1 Å². The lowest BCUT2D eigenvalue weighted by Crippen LogP contribution is -2.45. The van der Waals surface area contributed by atoms with Crippen molar-refractivity contribution in [3.05, 3.63) is 0 Å². The number of esters is 2. The zero-order chi connectivity index (χ0) is 12.1. The van der Waals surface area contributed by atoms with Crippen LogP contribution in [0.4, 0.5) is 0 Å². The van der Waals surface area contributed by atoms with Gasteiger partial charge in [-0.2, -0.15) is 0 Å². The second-order valence-electron chi connectivity index (χ2n) is 3.86. The summed E-state index contributed by atoms with van der Waals surface area (Å²) in [7, 11) is 2.58. The van der Waals surface area contributed by atoms with E-state index < -0.39 is 17.4 Å². The van der Waals surface area contributed by atoms with Crippen LogP contribution in [0.3, 0.4) is 0 Å². The fourth-order valence-corrected chi connectivity index (χ4v) is 1.81. The van der Waals surface area contributed by atoms with E-state index in [1.54, 1.807) is 0 Å². The van der Waals surface area contributed by atoms with E-state index in [2.05, 4.69) is 0 Å². The first-order valence-electron chi connectivity index (χ1n) is 5.14. The minimum Gasteiger partial charge on any atom is -0.468 e. The van der Waals surface area contributed by atoms with Crippen LogP contribution in [0, 0.1) is 11.3 Å². The van der Waals surface area contributed by atoms with E-state index in [1.807, 2.05) is 20.8 Å². The average molecular weight is 216 g/mol. The number of hydrogen-bond donors (Lipinski definition) is 0. The Morgan fingerprint density at radius 1 is 1.13 bits per heavy atom. The molecule has 15 heavy (non-hydrogen) atoms. The van der Waals surface area contributed by atoms with Gasteiger partial charge < -0.3 is 9.47 Å². The van der Waals surface area contributed by atoms with E-state index in [0.717, 1.165) is 6.42 Å². The number of rotatable bonds is 5. The summed E-state index contributed by atoms with van der Waals surface area (Å²) in [5.41, 5.74) is -1.15. The molecule has 0 bridgehead atoms. The van der Waals surface area contributed by atoms with Gasteiger partial charge in [0.1, 0.15) is 0 Å². The lowest BCUT2D eigenvalue weighted by molar-refractivity contribution is -0.173. The Bertz CT molecular complexity index is 217. The van der Waals surface area contributed by atoms with Crippen molar-refractivity contribution in [3.63, 3.8) is 0 Å². The summed E-state index contributed by atoms with van der Waals surface area (Å²) in [4.78, 5) is 23.5. The average Bonchev–Trinajstić information content (AvgIpc) is 2.23. The summed E-state index contributed by atoms with van der Waals surface area (Å²) in [6.07, 6.45) is 1.17. The first kappa shape index (κ1) is 13.9. The van der Waals surface area contributed by atoms with Gasteiger partial charge in [-0.05, 0) is 12.3 Å². The summed E-state index contributed by atoms with van der Waals surface area (Å²) in [6, 6.07) is 0. The van der Waals surface area contributed by atoms with Gasteiger partial charge in [0.25, 0.3) is 0 Å². The smallest absolute Gasteiger partial charge is 0.323 e. The van der Waals surface area contributed by atoms with Gasteiger partial charge in [-0.15, -0.1) is 0 Å². The molecule has 0 radical (unpaired) electrons. The highest BCUT2D eigenvalue weighted by atomic mass is 16.5. The molecule has 0 unspecified atom stereocenters. The van der Waals surface area contributed by atoms with Crippen LogP contribution in [0.25, 0.3) is 0 Å². The largest absolute Gasteiger partial charge is 0.468 e. The molecule has 0 atom stereocenters. The van der Waals surface area contributed by atoms with E-state index in [9.17, 15) is 9.59 Å². The predicted octanol–water partition coefficient (Wildman–Crippen LogP) is 1.77. The van der Waals surface area contributed by atoms with Crippen LogP contribution in [0.1, 0.15) is 33.6 Å². The third-order valence-corrected chi connectivity index (χ3v) is 2.73. The Hall–Kier alpha value is -1.06. The van der Waals surface area contributed by atoms with Crippen LogP contribution in [0.15, 0.2) is 0 Å². The Labute approximate surface area is 90.9 Å². The van der Waals surface area contributed by atoms with Gasteiger partial charge in [-0.3, -0.25) is 9.59 Å². The van der Waals surface area contributed by atoms with Crippen LogP contribution in [-0.4, -0.2) is 26.2 Å². The van der Waals surface area contributed by atoms with Crippen molar-refractivity contribution in [1.29, 1.82) is 0 Å². The van der Waals surface area contributed by atoms with Gasteiger partial charge in [0.15, 0.2) is 5.41 Å². The van der Waals surface area contributed by atoms with Crippen molar-refractivity contribution in [1.82, 2.24) is 0 Å². The van der Waals surface area contributed by atoms with Crippen molar-refractivity contribution in [2.75, 3.05) is 14.2 Å². The van der Waals surface area contributed by atoms with Crippen molar-refractivity contribution in [3.8, 4) is 0 Å². The fourth-order valence-electron chi connectivity index (χ4n) is 1.81. The number of methoxy groups -OCH3 is 2. The Morgan fingerprint density at radius 2 is 1.53 bits per heavy atom. The predicted molar refractivity (Wildman–Crippen MR) is 56.2 cm³/mol. The zero-order valence-electron chi connectivity index (χ0n) is 10.1. The van der Waals surface area contributed by atoms with Crippen molar-refractivity contribution in [2.45, 2.75) is 33.6 Å². The number of hydrogen-bond acceptors (Lipinski definition) is 4. The van der Waals surface area contributed by atoms with Crippen LogP contribution in [0.5, 0.6) is 0 Å². The van der Waals surface area contributed by atoms with Crippen molar-refractivity contribution < 1.29 is 19.1 Å². The van der Waals surface area contributed by atoms with Gasteiger partial charge in [0.2, 0.25) is 0 Å². The quantitative estimate of drug-likeness (QED) is 0.519. The normalized spacial score (nSPS) is 11.3. The summed E-state index contributed by atoms with van der Waals surface area (Å²) in [5, 5.41) is 0. The third-order valence-electron chi connectivity index (χ3n) is 2.73. The molecule has 0 amide bonds. The number of ether oxygens (including phenoxy) is 2. The maximum Gasteiger partial charge on any atom is 0.323 e. The third kappa shape index (κ3) is 2.49. The first-order valence-corrected chi connectivity index (χ1v) is 5.14. The fraction of sp³-hybridized carbons (Fsp3) is 0.818. The maximum atomic E-state index is 11.7. The highest BCUT2D eigenvalue weighted by Gasteiger charge is 2.50. The van der Waals surface area contributed by atoms with Crippen LogP contribution in [0.2, 0.25) is 0 Å². The van der Waals surface area contributed by atoms with E-state index in [-0.39, 0.29) is 5.92 Å². The summed E-state index contributed by atoms with van der Waals surface area (Å²) in [5.74, 6) is -1.16. The highest BCUT2D eigenvalue weighted by Crippen LogP contribution is 2.35. The highest BCUT2D eigenvalue weighted by molar-refractivity contribution is 6.00. The zero-order valence-corrected chi connectivity index (χ0v) is 10.1. The molecule has 0 spiro atoms. The van der Waals surface area contributed by atoms with E-state index >= 15 is 0 Å². The lowest BCUT2D eigenvalue weighted by Gasteiger charge is -2.31. The molecule has 0 aromatic heterocycles. The molecule has 0 N–H and O–H groups in total. The van der Waals surface area contributed by atoms with Gasteiger partial charge in [0, 0.05) is 0 Å². The second kappa shape index (κ2) is 5.73. The summed E-state index contributed by atoms with van der Waals surface area (Å²) >= 11 is 0. The SMILES string of the molecule is CCCC(C(=O)OC)(C(=O)OC)C(C)C. The first-order chi connectivity index (χ1) is 6.97. The molecular weight excluding hydrogens is 196 g/mol. The number of carbonyl (C=O) groups excluding carboxylic acids is 2. The van der Waals surface area contributed by atoms with Crippen molar-refractivity contribution in [2.24, 2.45) is 11.3 Å². The van der Waals surface area contributed by atoms with Crippen LogP contribution >= 0.6 is 0 Å². The Morgan fingerprint density at radius 3 is 1.73 bits per heavy atom. The molecule has 0 aromatic rings. The maximum absolute atomic E-state index is 11.7. The van der Waals surface area contributed by atoms with Gasteiger partial charge >= 0.3 is 11.9 Å². The molecule has 0 rings (SSSR count). The van der Waals surface area contributed by atoms with E-state index in [4.69, 9.17) is 9.47 Å².